The van der Waals surface area contributed by atoms with Gasteiger partial charge in [-0.25, -0.2) is 15.0 Å². The first-order valence-electron chi connectivity index (χ1n) is 9.98. The number of aromatic nitrogens is 6. The molecule has 5 rings (SSSR count). The van der Waals surface area contributed by atoms with Crippen LogP contribution in [0.1, 0.15) is 12.6 Å². The van der Waals surface area contributed by atoms with Gasteiger partial charge in [-0.1, -0.05) is 18.5 Å². The molecule has 0 aliphatic carbocycles. The Balaban J connectivity index is 1.58. The van der Waals surface area contributed by atoms with Crippen LogP contribution in [0.3, 0.4) is 0 Å². The molecule has 0 saturated carbocycles. The molecular weight excluding hydrogens is 462 g/mol. The maximum Gasteiger partial charge on any atom is 0.234 e. The van der Waals surface area contributed by atoms with Crippen molar-refractivity contribution in [2.75, 3.05) is 12.8 Å². The van der Waals surface area contributed by atoms with Gasteiger partial charge in [-0.05, 0) is 36.4 Å². The third-order valence-electron chi connectivity index (χ3n) is 4.95. The molecule has 0 radical (unpaired) electrons. The SMILES string of the molecule is CCc1[nH]c2nc(Sc3ccc4c(N)ncnc4c3)nc(Oc3cncc(OC)c3)c2c1Cl. The van der Waals surface area contributed by atoms with E-state index in [1.165, 1.54) is 18.1 Å². The Morgan fingerprint density at radius 3 is 2.79 bits per heavy atom. The molecule has 0 bridgehead atoms. The minimum absolute atomic E-state index is 0.325. The van der Waals surface area contributed by atoms with Crippen LogP contribution < -0.4 is 15.2 Å². The summed E-state index contributed by atoms with van der Waals surface area (Å²) in [5, 5.41) is 2.42. The number of nitrogens with two attached hydrogens (primary N) is 1. The molecule has 166 valence electrons. The van der Waals surface area contributed by atoms with E-state index in [1.54, 1.807) is 25.6 Å². The number of halogens is 1. The van der Waals surface area contributed by atoms with Crippen molar-refractivity contribution in [3.05, 3.63) is 53.7 Å². The van der Waals surface area contributed by atoms with Gasteiger partial charge in [-0.15, -0.1) is 0 Å². The summed E-state index contributed by atoms with van der Waals surface area (Å²) in [4.78, 5) is 25.9. The molecule has 0 aliphatic rings. The van der Waals surface area contributed by atoms with Crippen LogP contribution in [-0.2, 0) is 6.42 Å². The molecular formula is C22H18ClN7O2S. The number of benzene rings is 1. The fourth-order valence-corrected chi connectivity index (χ4v) is 4.46. The minimum Gasteiger partial charge on any atom is -0.495 e. The zero-order valence-corrected chi connectivity index (χ0v) is 19.2. The molecule has 9 nitrogen and oxygen atoms in total. The number of fused-ring (bicyclic) bond motifs is 2. The number of aryl methyl sites for hydroxylation is 1. The predicted molar refractivity (Wildman–Crippen MR) is 127 cm³/mol. The smallest absolute Gasteiger partial charge is 0.234 e. The normalized spacial score (nSPS) is 11.2. The van der Waals surface area contributed by atoms with E-state index < -0.39 is 0 Å². The fraction of sp³-hybridized carbons (Fsp3) is 0.136. The van der Waals surface area contributed by atoms with Crippen molar-refractivity contribution in [1.29, 1.82) is 0 Å². The Morgan fingerprint density at radius 2 is 1.97 bits per heavy atom. The second kappa shape index (κ2) is 8.72. The van der Waals surface area contributed by atoms with Crippen molar-refractivity contribution in [2.45, 2.75) is 23.4 Å². The third kappa shape index (κ3) is 4.10. The van der Waals surface area contributed by atoms with Crippen LogP contribution in [0.4, 0.5) is 5.82 Å². The van der Waals surface area contributed by atoms with Gasteiger partial charge in [0.15, 0.2) is 10.9 Å². The maximum atomic E-state index is 6.62. The molecule has 33 heavy (non-hydrogen) atoms. The van der Waals surface area contributed by atoms with E-state index in [0.29, 0.717) is 50.8 Å². The second-order valence-electron chi connectivity index (χ2n) is 7.01. The van der Waals surface area contributed by atoms with E-state index >= 15 is 0 Å². The van der Waals surface area contributed by atoms with Gasteiger partial charge in [0.25, 0.3) is 0 Å². The zero-order chi connectivity index (χ0) is 22.9. The summed E-state index contributed by atoms with van der Waals surface area (Å²) in [5.74, 6) is 1.80. The van der Waals surface area contributed by atoms with Gasteiger partial charge in [0.2, 0.25) is 5.88 Å². The van der Waals surface area contributed by atoms with Crippen LogP contribution in [0, 0.1) is 0 Å². The molecule has 11 heteroatoms. The number of aromatic amines is 1. The second-order valence-corrected chi connectivity index (χ2v) is 8.43. The summed E-state index contributed by atoms with van der Waals surface area (Å²) in [6, 6.07) is 7.44. The summed E-state index contributed by atoms with van der Waals surface area (Å²) >= 11 is 7.99. The lowest BCUT2D eigenvalue weighted by Crippen LogP contribution is -1.96. The predicted octanol–water partition coefficient (Wildman–Crippen LogP) is 5.05. The lowest BCUT2D eigenvalue weighted by Gasteiger charge is -2.09. The number of rotatable bonds is 6. The number of hydrogen-bond donors (Lipinski definition) is 2. The van der Waals surface area contributed by atoms with Crippen molar-refractivity contribution in [3.8, 4) is 17.4 Å². The summed E-state index contributed by atoms with van der Waals surface area (Å²) in [5.41, 5.74) is 8.12. The highest BCUT2D eigenvalue weighted by Crippen LogP contribution is 2.38. The van der Waals surface area contributed by atoms with Gasteiger partial charge < -0.3 is 20.2 Å². The number of H-pyrrole nitrogens is 1. The summed E-state index contributed by atoms with van der Waals surface area (Å²) in [6.07, 6.45) is 5.33. The van der Waals surface area contributed by atoms with E-state index in [-0.39, 0.29) is 0 Å². The van der Waals surface area contributed by atoms with Crippen LogP contribution in [-0.4, -0.2) is 37.0 Å². The highest BCUT2D eigenvalue weighted by atomic mass is 35.5. The molecule has 4 aromatic heterocycles. The number of hydrogen-bond acceptors (Lipinski definition) is 9. The van der Waals surface area contributed by atoms with Crippen LogP contribution in [0.15, 0.2) is 53.0 Å². The lowest BCUT2D eigenvalue weighted by molar-refractivity contribution is 0.404. The van der Waals surface area contributed by atoms with Crippen molar-refractivity contribution in [2.24, 2.45) is 0 Å². The first kappa shape index (κ1) is 21.2. The van der Waals surface area contributed by atoms with Crippen LogP contribution >= 0.6 is 23.4 Å². The topological polar surface area (TPSA) is 125 Å². The summed E-state index contributed by atoms with van der Waals surface area (Å²) in [7, 11) is 1.57. The van der Waals surface area contributed by atoms with E-state index in [0.717, 1.165) is 21.5 Å². The number of nitrogens with one attached hydrogen (secondary N) is 1. The molecule has 0 saturated heterocycles. The van der Waals surface area contributed by atoms with Gasteiger partial charge in [-0.3, -0.25) is 4.98 Å². The van der Waals surface area contributed by atoms with Crippen molar-refractivity contribution in [1.82, 2.24) is 29.9 Å². The highest BCUT2D eigenvalue weighted by Gasteiger charge is 2.19. The standard InChI is InChI=1S/C22H18ClN7O2S/c1-3-15-18(23)17-20(28-15)29-22(30-21(17)32-12-6-11(31-2)8-25-9-12)33-13-4-5-14-16(7-13)26-10-27-19(14)24/h4-10H,3H2,1-2H3,(H2,24,26,27)(H,28,29,30). The van der Waals surface area contributed by atoms with Crippen molar-refractivity contribution < 1.29 is 9.47 Å². The van der Waals surface area contributed by atoms with Gasteiger partial charge in [0.05, 0.1) is 30.0 Å². The number of methoxy groups -OCH3 is 1. The first-order chi connectivity index (χ1) is 16.1. The maximum absolute atomic E-state index is 6.62. The molecule has 1 aromatic carbocycles. The van der Waals surface area contributed by atoms with Crippen molar-refractivity contribution in [3.63, 3.8) is 0 Å². The largest absolute Gasteiger partial charge is 0.495 e. The number of pyridine rings is 1. The van der Waals surface area contributed by atoms with Crippen LogP contribution in [0.5, 0.6) is 17.4 Å². The molecule has 0 spiro atoms. The van der Waals surface area contributed by atoms with E-state index in [2.05, 4.69) is 29.9 Å². The molecule has 0 fully saturated rings. The zero-order valence-electron chi connectivity index (χ0n) is 17.7. The quantitative estimate of drug-likeness (QED) is 0.322. The summed E-state index contributed by atoms with van der Waals surface area (Å²) in [6.45, 7) is 2.01. The van der Waals surface area contributed by atoms with Crippen molar-refractivity contribution >= 4 is 51.1 Å². The molecule has 0 atom stereocenters. The Bertz CT molecular complexity index is 1490. The molecule has 5 aromatic rings. The number of nitrogen functional groups attached to an aromatic ring is 1. The van der Waals surface area contributed by atoms with E-state index in [4.69, 9.17) is 26.8 Å². The minimum atomic E-state index is 0.325. The Kier molecular flexibility index (Phi) is 5.61. The fourth-order valence-electron chi connectivity index (χ4n) is 3.33. The summed E-state index contributed by atoms with van der Waals surface area (Å²) < 4.78 is 11.3. The first-order valence-corrected chi connectivity index (χ1v) is 11.2. The molecule has 3 N–H and O–H groups in total. The monoisotopic (exact) mass is 479 g/mol. The average molecular weight is 480 g/mol. The number of nitrogens with zero attached hydrogens (tertiary/aromatic N) is 5. The highest BCUT2D eigenvalue weighted by molar-refractivity contribution is 7.99. The Morgan fingerprint density at radius 1 is 1.12 bits per heavy atom. The molecule has 0 aliphatic heterocycles. The molecule has 0 unspecified atom stereocenters. The van der Waals surface area contributed by atoms with Crippen LogP contribution in [0.25, 0.3) is 21.9 Å². The Hall–Kier alpha value is -3.63. The number of ether oxygens (including phenoxy) is 2. The van der Waals surface area contributed by atoms with Gasteiger partial charge in [0, 0.05) is 22.0 Å². The van der Waals surface area contributed by atoms with E-state index in [9.17, 15) is 0 Å². The lowest BCUT2D eigenvalue weighted by atomic mass is 10.2. The average Bonchev–Trinajstić information content (AvgIpc) is 3.15. The van der Waals surface area contributed by atoms with E-state index in [1.807, 2.05) is 25.1 Å². The van der Waals surface area contributed by atoms with Gasteiger partial charge >= 0.3 is 0 Å². The van der Waals surface area contributed by atoms with Gasteiger partial charge in [0.1, 0.15) is 28.9 Å². The van der Waals surface area contributed by atoms with Gasteiger partial charge in [-0.2, -0.15) is 4.98 Å². The third-order valence-corrected chi connectivity index (χ3v) is 6.22. The Labute approximate surface area is 197 Å². The number of anilines is 1. The molecule has 4 heterocycles. The molecule has 0 amide bonds. The van der Waals surface area contributed by atoms with Crippen LogP contribution in [0.2, 0.25) is 5.02 Å².